The number of carbonyl (C=O) groups is 4. The number of aromatic nitrogens is 4. The maximum atomic E-state index is 13.8. The zero-order chi connectivity index (χ0) is 47.1. The van der Waals surface area contributed by atoms with E-state index in [1.807, 2.05) is 27.7 Å². The maximum absolute atomic E-state index is 13.8. The van der Waals surface area contributed by atoms with Crippen LogP contribution in [0.1, 0.15) is 80.6 Å². The van der Waals surface area contributed by atoms with Gasteiger partial charge in [0.15, 0.2) is 0 Å². The molecule has 12 rings (SSSR count). The predicted octanol–water partition coefficient (Wildman–Crippen LogP) is 9.34. The third-order valence-electron chi connectivity index (χ3n) is 13.1. The van der Waals surface area contributed by atoms with E-state index in [2.05, 4.69) is 106 Å². The van der Waals surface area contributed by atoms with Crippen LogP contribution in [0.25, 0.3) is 56.0 Å². The summed E-state index contributed by atoms with van der Waals surface area (Å²) in [5.74, 6) is 3.30. The Balaban J connectivity index is 0.982. The van der Waals surface area contributed by atoms with Crippen LogP contribution in [-0.2, 0) is 31.9 Å². The molecule has 4 N–H and O–H groups in total. The molecule has 4 amide bonds. The molecule has 2 fully saturated rings. The number of hydrogen-bond acceptors (Lipinski definition) is 10. The van der Waals surface area contributed by atoms with Gasteiger partial charge in [-0.25, -0.2) is 19.6 Å². The van der Waals surface area contributed by atoms with Crippen LogP contribution in [0.3, 0.4) is 0 Å². The number of H-pyrrole nitrogens is 2. The molecule has 0 saturated carbocycles. The Morgan fingerprint density at radius 2 is 1.18 bits per heavy atom. The molecule has 16 heteroatoms. The molecule has 14 nitrogen and oxygen atoms in total. The molecule has 2 aliphatic heterocycles. The molecule has 67 heavy (non-hydrogen) atoms. The van der Waals surface area contributed by atoms with Crippen LogP contribution in [0.5, 0.6) is 0 Å². The van der Waals surface area contributed by atoms with Gasteiger partial charge >= 0.3 is 12.2 Å². The van der Waals surface area contributed by atoms with Gasteiger partial charge in [-0.1, -0.05) is 76.2 Å². The number of hydrogen-bond donors (Lipinski definition) is 4. The lowest BCUT2D eigenvalue weighted by Gasteiger charge is -2.29. The number of ether oxygens (including phenoxy) is 2. The van der Waals surface area contributed by atoms with Crippen LogP contribution < -0.4 is 10.6 Å². The van der Waals surface area contributed by atoms with E-state index in [1.54, 1.807) is 33.3 Å². The molecule has 6 aromatic rings. The molecular formula is C51H56N8O6S2. The molecule has 4 bridgehead atoms. The summed E-state index contributed by atoms with van der Waals surface area (Å²) in [5.41, 5.74) is 13.7. The van der Waals surface area contributed by atoms with Gasteiger partial charge in [0.05, 0.1) is 60.1 Å². The quantitative estimate of drug-likeness (QED) is 0.104. The molecule has 0 spiro atoms. The van der Waals surface area contributed by atoms with Crippen molar-refractivity contribution in [3.8, 4) is 22.3 Å². The number of thioether (sulfide) groups is 2. The molecule has 6 aliphatic rings. The van der Waals surface area contributed by atoms with Crippen molar-refractivity contribution in [3.05, 3.63) is 107 Å². The lowest BCUT2D eigenvalue weighted by atomic mass is 9.88. The number of aryl methyl sites for hydroxylation is 2. The molecular weight excluding hydrogens is 885 g/mol. The number of allylic oxidation sites excluding steroid dienone is 1. The zero-order valence-corrected chi connectivity index (χ0v) is 40.4. The minimum Gasteiger partial charge on any atom is -0.453 e. The monoisotopic (exact) mass is 940 g/mol. The van der Waals surface area contributed by atoms with E-state index >= 15 is 0 Å². The van der Waals surface area contributed by atoms with Crippen molar-refractivity contribution < 1.29 is 28.7 Å². The molecule has 348 valence electrons. The lowest BCUT2D eigenvalue weighted by Crippen LogP contribution is -2.51. The SMILES string of the molecule is COC(=O)N[C@H](C(=O)N1CSC[C@H]1c1nc2cc(-c3cc4ccc3/C=C(/C)c3ccc(c(-c5ccc6[nH]c([C@@H]7CSCN7C(=O)[C@@H](NC(=O)OC)C(C)C)nc6c5)c3)CC4)ccc2[nH]1)C(C)C. The summed E-state index contributed by atoms with van der Waals surface area (Å²) in [6, 6.07) is 24.3. The number of amides is 4. The Kier molecular flexibility index (Phi) is 13.1. The fourth-order valence-electron chi connectivity index (χ4n) is 9.27. The van der Waals surface area contributed by atoms with E-state index in [0.717, 1.165) is 85.5 Å². The first-order chi connectivity index (χ1) is 32.3. The number of nitrogens with one attached hydrogen (secondary N) is 4. The van der Waals surface area contributed by atoms with Crippen LogP contribution in [-0.4, -0.2) is 103 Å². The second-order valence-electron chi connectivity index (χ2n) is 18.2. The first-order valence-corrected chi connectivity index (χ1v) is 25.0. The van der Waals surface area contributed by atoms with Crippen molar-refractivity contribution in [2.45, 2.75) is 71.6 Å². The van der Waals surface area contributed by atoms with Gasteiger partial charge < -0.3 is 39.9 Å². The van der Waals surface area contributed by atoms with Gasteiger partial charge in [0.1, 0.15) is 23.7 Å². The fraction of sp³-hybridized carbons (Fsp3) is 0.373. The van der Waals surface area contributed by atoms with Gasteiger partial charge in [0, 0.05) is 11.5 Å². The first kappa shape index (κ1) is 45.9. The molecule has 4 heterocycles. The average Bonchev–Trinajstić information content (AvgIpc) is 4.16. The van der Waals surface area contributed by atoms with Crippen LogP contribution in [0, 0.1) is 11.8 Å². The molecule has 4 atom stereocenters. The Morgan fingerprint density at radius 3 is 1.70 bits per heavy atom. The third kappa shape index (κ3) is 9.25. The Hall–Kier alpha value is -6.26. The number of alkyl carbamates (subject to hydrolysis) is 2. The van der Waals surface area contributed by atoms with Crippen molar-refractivity contribution >= 4 is 81.2 Å². The topological polar surface area (TPSA) is 175 Å². The van der Waals surface area contributed by atoms with Gasteiger partial charge in [-0.15, -0.1) is 23.5 Å². The number of nitrogens with zero attached hydrogens (tertiary/aromatic N) is 4. The largest absolute Gasteiger partial charge is 0.453 e. The van der Waals surface area contributed by atoms with E-state index in [1.165, 1.54) is 25.3 Å². The number of carbonyl (C=O) groups excluding carboxylic acids is 4. The van der Waals surface area contributed by atoms with Crippen LogP contribution >= 0.6 is 23.5 Å². The Bertz CT molecular complexity index is 2920. The van der Waals surface area contributed by atoms with Crippen LogP contribution in [0.4, 0.5) is 9.59 Å². The van der Waals surface area contributed by atoms with Crippen molar-refractivity contribution in [1.82, 2.24) is 40.4 Å². The summed E-state index contributed by atoms with van der Waals surface area (Å²) < 4.78 is 9.63. The van der Waals surface area contributed by atoms with Crippen molar-refractivity contribution in [2.24, 2.45) is 11.8 Å². The molecule has 2 saturated heterocycles. The number of aromatic amines is 2. The van der Waals surface area contributed by atoms with Gasteiger partial charge in [0.2, 0.25) is 11.8 Å². The molecule has 2 aromatic heterocycles. The molecule has 4 aliphatic carbocycles. The van der Waals surface area contributed by atoms with Gasteiger partial charge in [-0.2, -0.15) is 0 Å². The van der Waals surface area contributed by atoms with Crippen molar-refractivity contribution in [1.29, 1.82) is 0 Å². The van der Waals surface area contributed by atoms with E-state index in [9.17, 15) is 19.2 Å². The normalized spacial score (nSPS) is 18.8. The zero-order valence-electron chi connectivity index (χ0n) is 38.8. The van der Waals surface area contributed by atoms with E-state index in [-0.39, 0.29) is 35.7 Å². The number of fused-ring (bicyclic) bond motifs is 2. The third-order valence-corrected chi connectivity index (χ3v) is 15.1. The average molecular weight is 941 g/mol. The molecule has 0 radical (unpaired) electrons. The number of rotatable bonds is 10. The summed E-state index contributed by atoms with van der Waals surface area (Å²) in [6.07, 6.45) is 2.67. The number of benzene rings is 4. The smallest absolute Gasteiger partial charge is 0.407 e. The highest BCUT2D eigenvalue weighted by Gasteiger charge is 2.39. The minimum absolute atomic E-state index is 0.124. The minimum atomic E-state index is -0.714. The second-order valence-corrected chi connectivity index (χ2v) is 20.2. The summed E-state index contributed by atoms with van der Waals surface area (Å²) in [5, 5.41) is 5.45. The summed E-state index contributed by atoms with van der Waals surface area (Å²) in [7, 11) is 2.60. The number of imidazole rings is 2. The summed E-state index contributed by atoms with van der Waals surface area (Å²) >= 11 is 3.34. The second kappa shape index (κ2) is 19.2. The summed E-state index contributed by atoms with van der Waals surface area (Å²) in [6.45, 7) is 9.79. The highest BCUT2D eigenvalue weighted by Crippen LogP contribution is 2.39. The first-order valence-electron chi connectivity index (χ1n) is 22.7. The van der Waals surface area contributed by atoms with Gasteiger partial charge in [-0.3, -0.25) is 9.59 Å². The van der Waals surface area contributed by atoms with Gasteiger partial charge in [-0.05, 0) is 112 Å². The summed E-state index contributed by atoms with van der Waals surface area (Å²) in [4.78, 5) is 72.6. The highest BCUT2D eigenvalue weighted by molar-refractivity contribution is 7.99. The van der Waals surface area contributed by atoms with E-state index < -0.39 is 24.3 Å². The number of methoxy groups -OCH3 is 2. The Morgan fingerprint density at radius 1 is 0.657 bits per heavy atom. The van der Waals surface area contributed by atoms with E-state index in [0.29, 0.717) is 23.3 Å². The van der Waals surface area contributed by atoms with E-state index in [4.69, 9.17) is 19.4 Å². The van der Waals surface area contributed by atoms with Gasteiger partial charge in [0.25, 0.3) is 0 Å². The fourth-order valence-corrected chi connectivity index (χ4v) is 11.6. The maximum Gasteiger partial charge on any atom is 0.407 e. The highest BCUT2D eigenvalue weighted by atomic mass is 32.2. The van der Waals surface area contributed by atoms with Crippen LogP contribution in [0.15, 0.2) is 72.8 Å². The van der Waals surface area contributed by atoms with Crippen molar-refractivity contribution in [2.75, 3.05) is 37.5 Å². The lowest BCUT2D eigenvalue weighted by molar-refractivity contribution is -0.135. The van der Waals surface area contributed by atoms with Crippen LogP contribution in [0.2, 0.25) is 0 Å². The molecule has 4 aromatic carbocycles. The predicted molar refractivity (Wildman–Crippen MR) is 266 cm³/mol. The van der Waals surface area contributed by atoms with Crippen molar-refractivity contribution in [3.63, 3.8) is 0 Å². The molecule has 0 unspecified atom stereocenters. The standard InChI is InChI=1S/C51H56N8O6S2/c1-27(2)44(56-50(62)64-6)48(60)58-25-66-23-42(58)46-52-38-16-14-34(21-40(38)54-46)36-19-30-8-10-31-12-13-32(29(5)18-33(36)11-9-30)20-37(31)35-15-17-39-41(22-35)55-47(53-39)43-24-67-26-59(43)49(61)45(28(3)4)57-51(63)65-7/h9,11-22,27-28,42-45H,8,10,23-26H2,1-7H3,(H,52,54)(H,53,55)(H,56,62)(H,57,63)/b29-18-/t42-,43-,44-,45-/m0/s1. The Labute approximate surface area is 398 Å².